The number of rotatable bonds is 6. The van der Waals surface area contributed by atoms with Gasteiger partial charge < -0.3 is 10.1 Å². The van der Waals surface area contributed by atoms with E-state index in [1.807, 2.05) is 0 Å². The molecule has 2 rings (SSSR count). The van der Waals surface area contributed by atoms with Gasteiger partial charge in [0, 0.05) is 17.8 Å². The first kappa shape index (κ1) is 15.4. The number of methoxy groups -OCH3 is 1. The third-order valence-electron chi connectivity index (χ3n) is 4.07. The summed E-state index contributed by atoms with van der Waals surface area (Å²) in [7, 11) is 1.73. The first-order valence-corrected chi connectivity index (χ1v) is 7.56. The van der Waals surface area contributed by atoms with E-state index in [1.54, 1.807) is 7.11 Å². The summed E-state index contributed by atoms with van der Waals surface area (Å²) in [6.07, 6.45) is 1.11. The summed E-state index contributed by atoms with van der Waals surface area (Å²) in [6, 6.07) is 14.9. The van der Waals surface area contributed by atoms with Crippen molar-refractivity contribution in [2.45, 2.75) is 33.1 Å². The fourth-order valence-corrected chi connectivity index (χ4v) is 2.70. The average molecular weight is 283 g/mol. The minimum Gasteiger partial charge on any atom is -0.496 e. The highest BCUT2D eigenvalue weighted by molar-refractivity contribution is 5.59. The van der Waals surface area contributed by atoms with E-state index in [0.717, 1.165) is 24.4 Å². The third-order valence-corrected chi connectivity index (χ3v) is 4.07. The van der Waals surface area contributed by atoms with Crippen molar-refractivity contribution >= 4 is 5.69 Å². The molecular formula is C19H25NO. The Morgan fingerprint density at radius 3 is 2.43 bits per heavy atom. The molecule has 2 aromatic carbocycles. The number of ether oxygens (including phenoxy) is 1. The number of anilines is 1. The zero-order chi connectivity index (χ0) is 15.2. The molecule has 0 heterocycles. The Bertz CT molecular complexity index is 578. The van der Waals surface area contributed by atoms with E-state index in [9.17, 15) is 0 Å². The lowest BCUT2D eigenvalue weighted by Gasteiger charge is -2.16. The third kappa shape index (κ3) is 3.78. The summed E-state index contributed by atoms with van der Waals surface area (Å²) in [6.45, 7) is 7.42. The van der Waals surface area contributed by atoms with Crippen molar-refractivity contribution in [3.8, 4) is 5.75 Å². The molecule has 112 valence electrons. The maximum atomic E-state index is 5.47. The van der Waals surface area contributed by atoms with Crippen LogP contribution in [0.4, 0.5) is 5.69 Å². The number of hydrogen-bond acceptors (Lipinski definition) is 2. The summed E-state index contributed by atoms with van der Waals surface area (Å²) in [4.78, 5) is 0. The van der Waals surface area contributed by atoms with Crippen LogP contribution in [-0.4, -0.2) is 13.7 Å². The van der Waals surface area contributed by atoms with E-state index < -0.39 is 0 Å². The Morgan fingerprint density at radius 2 is 1.76 bits per heavy atom. The van der Waals surface area contributed by atoms with Crippen molar-refractivity contribution in [2.75, 3.05) is 19.0 Å². The van der Waals surface area contributed by atoms with Gasteiger partial charge in [-0.05, 0) is 43.4 Å². The van der Waals surface area contributed by atoms with Gasteiger partial charge in [0.1, 0.15) is 5.75 Å². The van der Waals surface area contributed by atoms with Crippen LogP contribution in [0.15, 0.2) is 42.5 Å². The van der Waals surface area contributed by atoms with E-state index >= 15 is 0 Å². The van der Waals surface area contributed by atoms with Crippen molar-refractivity contribution in [3.05, 3.63) is 59.2 Å². The summed E-state index contributed by atoms with van der Waals surface area (Å²) >= 11 is 0. The van der Waals surface area contributed by atoms with Crippen molar-refractivity contribution in [1.82, 2.24) is 0 Å². The highest BCUT2D eigenvalue weighted by Gasteiger charge is 2.08. The van der Waals surface area contributed by atoms with Crippen LogP contribution in [0.3, 0.4) is 0 Å². The smallest absolute Gasteiger partial charge is 0.126 e. The largest absolute Gasteiger partial charge is 0.496 e. The molecule has 2 nitrogen and oxygen atoms in total. The SMILES string of the molecule is COc1c(C)ccc(NCCC(C)c2ccccc2)c1C. The molecule has 2 heteroatoms. The Kier molecular flexibility index (Phi) is 5.26. The van der Waals surface area contributed by atoms with E-state index in [4.69, 9.17) is 4.74 Å². The molecule has 0 fully saturated rings. The van der Waals surface area contributed by atoms with Crippen LogP contribution in [0.1, 0.15) is 36.0 Å². The molecule has 0 aliphatic rings. The zero-order valence-corrected chi connectivity index (χ0v) is 13.4. The van der Waals surface area contributed by atoms with Crippen LogP contribution in [-0.2, 0) is 0 Å². The van der Waals surface area contributed by atoms with Crippen LogP contribution < -0.4 is 10.1 Å². The van der Waals surface area contributed by atoms with Crippen LogP contribution in [0.5, 0.6) is 5.75 Å². The lowest BCUT2D eigenvalue weighted by molar-refractivity contribution is 0.409. The second kappa shape index (κ2) is 7.16. The molecule has 0 saturated carbocycles. The van der Waals surface area contributed by atoms with Gasteiger partial charge in [-0.25, -0.2) is 0 Å². The monoisotopic (exact) mass is 283 g/mol. The van der Waals surface area contributed by atoms with Gasteiger partial charge in [0.2, 0.25) is 0 Å². The quantitative estimate of drug-likeness (QED) is 0.812. The van der Waals surface area contributed by atoms with Gasteiger partial charge in [-0.3, -0.25) is 0 Å². The summed E-state index contributed by atoms with van der Waals surface area (Å²) in [5.74, 6) is 1.54. The fraction of sp³-hybridized carbons (Fsp3) is 0.368. The molecule has 0 bridgehead atoms. The van der Waals surface area contributed by atoms with Crippen LogP contribution in [0, 0.1) is 13.8 Å². The predicted octanol–water partition coefficient (Wildman–Crippen LogP) is 4.92. The first-order valence-electron chi connectivity index (χ1n) is 7.56. The van der Waals surface area contributed by atoms with E-state index in [0.29, 0.717) is 5.92 Å². The van der Waals surface area contributed by atoms with Gasteiger partial charge in [0.15, 0.2) is 0 Å². The summed E-state index contributed by atoms with van der Waals surface area (Å²) in [5, 5.41) is 3.54. The van der Waals surface area contributed by atoms with Gasteiger partial charge >= 0.3 is 0 Å². The molecule has 0 amide bonds. The molecule has 0 aliphatic heterocycles. The van der Waals surface area contributed by atoms with Crippen molar-refractivity contribution < 1.29 is 4.74 Å². The molecule has 0 saturated heterocycles. The van der Waals surface area contributed by atoms with Crippen molar-refractivity contribution in [1.29, 1.82) is 0 Å². The molecule has 0 radical (unpaired) electrons. The van der Waals surface area contributed by atoms with Crippen LogP contribution in [0.25, 0.3) is 0 Å². The fourth-order valence-electron chi connectivity index (χ4n) is 2.70. The standard InChI is InChI=1S/C19H25NO/c1-14(17-8-6-5-7-9-17)12-13-20-18-11-10-15(2)19(21-4)16(18)3/h5-11,14,20H,12-13H2,1-4H3. The summed E-state index contributed by atoms with van der Waals surface area (Å²) < 4.78 is 5.47. The number of nitrogens with one attached hydrogen (secondary N) is 1. The molecule has 1 atom stereocenters. The Labute approximate surface area is 128 Å². The lowest BCUT2D eigenvalue weighted by Crippen LogP contribution is -2.07. The molecular weight excluding hydrogens is 258 g/mol. The normalized spacial score (nSPS) is 12.0. The topological polar surface area (TPSA) is 21.3 Å². The first-order chi connectivity index (χ1) is 10.1. The molecule has 0 aliphatic carbocycles. The Morgan fingerprint density at radius 1 is 1.05 bits per heavy atom. The molecule has 0 aromatic heterocycles. The van der Waals surface area contributed by atoms with Crippen molar-refractivity contribution in [2.24, 2.45) is 0 Å². The van der Waals surface area contributed by atoms with E-state index in [2.05, 4.69) is 68.6 Å². The second-order valence-corrected chi connectivity index (χ2v) is 5.62. The Hall–Kier alpha value is -1.96. The molecule has 1 unspecified atom stereocenters. The highest BCUT2D eigenvalue weighted by Crippen LogP contribution is 2.29. The van der Waals surface area contributed by atoms with Gasteiger partial charge in [-0.2, -0.15) is 0 Å². The van der Waals surface area contributed by atoms with E-state index in [1.165, 1.54) is 16.7 Å². The minimum absolute atomic E-state index is 0.561. The average Bonchev–Trinajstić information content (AvgIpc) is 2.51. The highest BCUT2D eigenvalue weighted by atomic mass is 16.5. The van der Waals surface area contributed by atoms with Gasteiger partial charge in [-0.1, -0.05) is 43.3 Å². The lowest BCUT2D eigenvalue weighted by atomic mass is 9.98. The van der Waals surface area contributed by atoms with E-state index in [-0.39, 0.29) is 0 Å². The maximum Gasteiger partial charge on any atom is 0.126 e. The van der Waals surface area contributed by atoms with Gasteiger partial charge in [-0.15, -0.1) is 0 Å². The molecule has 1 N–H and O–H groups in total. The number of hydrogen-bond donors (Lipinski definition) is 1. The predicted molar refractivity (Wildman–Crippen MR) is 90.4 cm³/mol. The number of benzene rings is 2. The Balaban J connectivity index is 1.95. The molecule has 2 aromatic rings. The number of aryl methyl sites for hydroxylation is 1. The minimum atomic E-state index is 0.561. The summed E-state index contributed by atoms with van der Waals surface area (Å²) in [5.41, 5.74) is 4.93. The van der Waals surface area contributed by atoms with Gasteiger partial charge in [0.05, 0.1) is 7.11 Å². The maximum absolute atomic E-state index is 5.47. The molecule has 0 spiro atoms. The molecule has 21 heavy (non-hydrogen) atoms. The van der Waals surface area contributed by atoms with Crippen molar-refractivity contribution in [3.63, 3.8) is 0 Å². The van der Waals surface area contributed by atoms with Crippen LogP contribution >= 0.6 is 0 Å². The van der Waals surface area contributed by atoms with Crippen LogP contribution in [0.2, 0.25) is 0 Å². The second-order valence-electron chi connectivity index (χ2n) is 5.62. The van der Waals surface area contributed by atoms with Gasteiger partial charge in [0.25, 0.3) is 0 Å². The zero-order valence-electron chi connectivity index (χ0n) is 13.4.